The van der Waals surface area contributed by atoms with Crippen molar-refractivity contribution in [1.29, 1.82) is 0 Å². The average Bonchev–Trinajstić information content (AvgIpc) is 2.88. The fourth-order valence-corrected chi connectivity index (χ4v) is 3.08. The van der Waals surface area contributed by atoms with Gasteiger partial charge in [0.1, 0.15) is 11.3 Å². The molecule has 3 rings (SSSR count). The molecule has 130 valence electrons. The van der Waals surface area contributed by atoms with Crippen LogP contribution < -0.4 is 9.47 Å². The standard InChI is InChI=1S/C17H20O7/c1-17(9-22-16(21)10-5-3-2-4-6-10)23-13-7-11(15(19)20)12(18)8-14(13)24-17/h7-8,10,18H,2-6,9H2,1H3,(H,19,20). The summed E-state index contributed by atoms with van der Waals surface area (Å²) in [6.45, 7) is 1.48. The third kappa shape index (κ3) is 3.25. The zero-order chi connectivity index (χ0) is 17.3. The lowest BCUT2D eigenvalue weighted by atomic mass is 9.89. The lowest BCUT2D eigenvalue weighted by Gasteiger charge is -2.25. The molecule has 1 heterocycles. The number of benzene rings is 1. The van der Waals surface area contributed by atoms with Crippen LogP contribution in [-0.2, 0) is 9.53 Å². The first-order valence-electron chi connectivity index (χ1n) is 8.03. The van der Waals surface area contributed by atoms with Crippen LogP contribution >= 0.6 is 0 Å². The first-order valence-corrected chi connectivity index (χ1v) is 8.03. The average molecular weight is 336 g/mol. The Kier molecular flexibility index (Phi) is 4.26. The van der Waals surface area contributed by atoms with E-state index in [0.717, 1.165) is 32.1 Å². The number of carbonyl (C=O) groups is 2. The van der Waals surface area contributed by atoms with Crippen LogP contribution in [0.4, 0.5) is 0 Å². The van der Waals surface area contributed by atoms with E-state index in [1.807, 2.05) is 0 Å². The molecule has 1 aliphatic heterocycles. The van der Waals surface area contributed by atoms with E-state index in [9.17, 15) is 14.7 Å². The molecule has 1 unspecified atom stereocenters. The highest BCUT2D eigenvalue weighted by Crippen LogP contribution is 2.43. The van der Waals surface area contributed by atoms with Crippen LogP contribution in [0.3, 0.4) is 0 Å². The number of carbonyl (C=O) groups excluding carboxylic acids is 1. The highest BCUT2D eigenvalue weighted by atomic mass is 16.8. The molecular weight excluding hydrogens is 316 g/mol. The number of ether oxygens (including phenoxy) is 3. The van der Waals surface area contributed by atoms with E-state index in [0.29, 0.717) is 0 Å². The molecule has 0 amide bonds. The molecule has 0 bridgehead atoms. The summed E-state index contributed by atoms with van der Waals surface area (Å²) in [5.74, 6) is -2.84. The van der Waals surface area contributed by atoms with E-state index < -0.39 is 17.5 Å². The molecule has 1 aromatic carbocycles. The van der Waals surface area contributed by atoms with Gasteiger partial charge in [-0.1, -0.05) is 19.3 Å². The molecule has 24 heavy (non-hydrogen) atoms. The number of carboxylic acids is 1. The highest BCUT2D eigenvalue weighted by molar-refractivity contribution is 5.91. The minimum Gasteiger partial charge on any atom is -0.507 e. The number of hydrogen-bond donors (Lipinski definition) is 2. The van der Waals surface area contributed by atoms with Crippen molar-refractivity contribution < 1.29 is 34.0 Å². The third-order valence-corrected chi connectivity index (χ3v) is 4.36. The predicted octanol–water partition coefficient (Wildman–Crippen LogP) is 2.70. The van der Waals surface area contributed by atoms with Gasteiger partial charge in [0.05, 0.1) is 5.92 Å². The normalized spacial score (nSPS) is 23.0. The Morgan fingerprint density at radius 3 is 2.46 bits per heavy atom. The van der Waals surface area contributed by atoms with E-state index in [1.165, 1.54) is 12.1 Å². The number of carboxylic acid groups (broad SMARTS) is 1. The van der Waals surface area contributed by atoms with E-state index in [2.05, 4.69) is 0 Å². The lowest BCUT2D eigenvalue weighted by molar-refractivity contribution is -0.167. The SMILES string of the molecule is CC1(COC(=O)C2CCCCC2)Oc2cc(O)c(C(=O)O)cc2O1. The Labute approximate surface area is 139 Å². The smallest absolute Gasteiger partial charge is 0.339 e. The summed E-state index contributed by atoms with van der Waals surface area (Å²) in [5.41, 5.74) is -0.277. The number of aromatic carboxylic acids is 1. The van der Waals surface area contributed by atoms with Gasteiger partial charge in [0.15, 0.2) is 18.1 Å². The number of rotatable bonds is 4. The van der Waals surface area contributed by atoms with E-state index in [1.54, 1.807) is 6.92 Å². The lowest BCUT2D eigenvalue weighted by Crippen LogP contribution is -2.41. The first kappa shape index (κ1) is 16.4. The molecule has 1 aliphatic carbocycles. The van der Waals surface area contributed by atoms with Gasteiger partial charge in [-0.3, -0.25) is 4.79 Å². The summed E-state index contributed by atoms with van der Waals surface area (Å²) in [4.78, 5) is 23.2. The van der Waals surface area contributed by atoms with Gasteiger partial charge >= 0.3 is 11.9 Å². The predicted molar refractivity (Wildman–Crippen MR) is 82.3 cm³/mol. The molecule has 0 saturated heterocycles. The van der Waals surface area contributed by atoms with E-state index in [4.69, 9.17) is 19.3 Å². The second-order valence-electron chi connectivity index (χ2n) is 6.40. The maximum atomic E-state index is 12.1. The van der Waals surface area contributed by atoms with Crippen molar-refractivity contribution in [3.05, 3.63) is 17.7 Å². The Hall–Kier alpha value is -2.44. The van der Waals surface area contributed by atoms with Crippen LogP contribution in [-0.4, -0.2) is 34.5 Å². The van der Waals surface area contributed by atoms with Crippen molar-refractivity contribution in [1.82, 2.24) is 0 Å². The fraction of sp³-hybridized carbons (Fsp3) is 0.529. The summed E-state index contributed by atoms with van der Waals surface area (Å²) in [6, 6.07) is 2.38. The van der Waals surface area contributed by atoms with Gasteiger partial charge in [-0.05, 0) is 12.8 Å². The number of aromatic hydroxyl groups is 1. The highest BCUT2D eigenvalue weighted by Gasteiger charge is 2.40. The molecule has 1 fully saturated rings. The number of fused-ring (bicyclic) bond motifs is 1. The second kappa shape index (κ2) is 6.22. The molecule has 1 atom stereocenters. The van der Waals surface area contributed by atoms with Gasteiger partial charge in [-0.25, -0.2) is 4.79 Å². The van der Waals surface area contributed by atoms with Gasteiger partial charge in [-0.2, -0.15) is 0 Å². The molecule has 2 aliphatic rings. The molecule has 0 aromatic heterocycles. The van der Waals surface area contributed by atoms with Crippen LogP contribution in [0.15, 0.2) is 12.1 Å². The van der Waals surface area contributed by atoms with Crippen molar-refractivity contribution in [2.75, 3.05) is 6.61 Å². The summed E-state index contributed by atoms with van der Waals surface area (Å²) in [5, 5.41) is 18.7. The van der Waals surface area contributed by atoms with Crippen molar-refractivity contribution >= 4 is 11.9 Å². The molecule has 2 N–H and O–H groups in total. The molecule has 1 saturated carbocycles. The molecule has 1 aromatic rings. The summed E-state index contributed by atoms with van der Waals surface area (Å²) < 4.78 is 16.5. The molecular formula is C17H20O7. The minimum atomic E-state index is -1.27. The van der Waals surface area contributed by atoms with Crippen LogP contribution in [0.5, 0.6) is 17.2 Å². The minimum absolute atomic E-state index is 0.0752. The summed E-state index contributed by atoms with van der Waals surface area (Å²) in [7, 11) is 0. The van der Waals surface area contributed by atoms with Crippen molar-refractivity contribution in [3.63, 3.8) is 0 Å². The van der Waals surface area contributed by atoms with Gasteiger partial charge in [0.25, 0.3) is 5.79 Å². The molecule has 0 spiro atoms. The second-order valence-corrected chi connectivity index (χ2v) is 6.40. The fourth-order valence-electron chi connectivity index (χ4n) is 3.08. The van der Waals surface area contributed by atoms with Gasteiger partial charge in [0.2, 0.25) is 0 Å². The summed E-state index contributed by atoms with van der Waals surface area (Å²) >= 11 is 0. The van der Waals surface area contributed by atoms with Crippen molar-refractivity contribution in [2.45, 2.75) is 44.8 Å². The summed E-state index contributed by atoms with van der Waals surface area (Å²) in [6.07, 6.45) is 4.90. The van der Waals surface area contributed by atoms with Gasteiger partial charge in [-0.15, -0.1) is 0 Å². The maximum absolute atomic E-state index is 12.1. The van der Waals surface area contributed by atoms with Crippen LogP contribution in [0.2, 0.25) is 0 Å². The van der Waals surface area contributed by atoms with Crippen LogP contribution in [0.25, 0.3) is 0 Å². The van der Waals surface area contributed by atoms with Crippen LogP contribution in [0, 0.1) is 5.92 Å². The maximum Gasteiger partial charge on any atom is 0.339 e. The number of phenols is 1. The molecule has 7 heteroatoms. The van der Waals surface area contributed by atoms with Gasteiger partial charge in [0, 0.05) is 19.1 Å². The Bertz CT molecular complexity index is 663. The molecule has 7 nitrogen and oxygen atoms in total. The van der Waals surface area contributed by atoms with E-state index >= 15 is 0 Å². The number of hydrogen-bond acceptors (Lipinski definition) is 6. The number of esters is 1. The van der Waals surface area contributed by atoms with Gasteiger partial charge < -0.3 is 24.4 Å². The van der Waals surface area contributed by atoms with Crippen molar-refractivity contribution in [2.24, 2.45) is 5.92 Å². The third-order valence-electron chi connectivity index (χ3n) is 4.36. The molecule has 0 radical (unpaired) electrons. The largest absolute Gasteiger partial charge is 0.507 e. The Morgan fingerprint density at radius 1 is 1.21 bits per heavy atom. The van der Waals surface area contributed by atoms with Crippen molar-refractivity contribution in [3.8, 4) is 17.2 Å². The topological polar surface area (TPSA) is 102 Å². The Morgan fingerprint density at radius 2 is 1.83 bits per heavy atom. The van der Waals surface area contributed by atoms with E-state index in [-0.39, 0.29) is 35.6 Å². The Balaban J connectivity index is 1.64. The quantitative estimate of drug-likeness (QED) is 0.815. The zero-order valence-corrected chi connectivity index (χ0v) is 13.4. The monoisotopic (exact) mass is 336 g/mol. The first-order chi connectivity index (χ1) is 11.4. The zero-order valence-electron chi connectivity index (χ0n) is 13.4. The van der Waals surface area contributed by atoms with Crippen LogP contribution in [0.1, 0.15) is 49.4 Å².